The number of hydrogen-bond acceptors (Lipinski definition) is 3. The van der Waals surface area contributed by atoms with Crippen LogP contribution in [-0.2, 0) is 4.74 Å². The van der Waals surface area contributed by atoms with Crippen molar-refractivity contribution in [3.63, 3.8) is 0 Å². The molecule has 3 saturated carbocycles. The van der Waals surface area contributed by atoms with Crippen LogP contribution in [0.25, 0.3) is 0 Å². The van der Waals surface area contributed by atoms with Crippen LogP contribution in [0.3, 0.4) is 0 Å². The van der Waals surface area contributed by atoms with Crippen LogP contribution in [0.4, 0.5) is 0 Å². The number of carbonyl (C=O) groups is 1. The third-order valence-electron chi connectivity index (χ3n) is 11.4. The van der Waals surface area contributed by atoms with Crippen LogP contribution in [-0.4, -0.2) is 17.1 Å². The van der Waals surface area contributed by atoms with Crippen molar-refractivity contribution in [3.05, 3.63) is 41.7 Å². The van der Waals surface area contributed by atoms with Crippen LogP contribution in [0, 0.1) is 46.3 Å². The van der Waals surface area contributed by atoms with Gasteiger partial charge in [-0.15, -0.1) is 0 Å². The lowest BCUT2D eigenvalue weighted by Crippen LogP contribution is -2.51. The normalized spacial score (nSPS) is 38.5. The van der Waals surface area contributed by atoms with Crippen LogP contribution in [0.1, 0.15) is 116 Å². The minimum Gasteiger partial charge on any atom is -0.458 e. The van der Waals surface area contributed by atoms with E-state index in [-0.39, 0.29) is 12.1 Å². The topological polar surface area (TPSA) is 39.2 Å². The van der Waals surface area contributed by atoms with Gasteiger partial charge in [0.05, 0.1) is 5.56 Å². The number of esters is 1. The van der Waals surface area contributed by atoms with Gasteiger partial charge >= 0.3 is 5.97 Å². The van der Waals surface area contributed by atoms with Gasteiger partial charge < -0.3 is 4.74 Å². The molecule has 1 heterocycles. The van der Waals surface area contributed by atoms with E-state index in [1.54, 1.807) is 30.1 Å². The monoisotopic (exact) mass is 491 g/mol. The molecular formula is C33H49NO2. The number of aromatic nitrogens is 1. The molecule has 0 saturated heterocycles. The highest BCUT2D eigenvalue weighted by Crippen LogP contribution is 2.67. The first-order valence-electron chi connectivity index (χ1n) is 15.0. The highest BCUT2D eigenvalue weighted by atomic mass is 16.5. The molecule has 0 amide bonds. The Balaban J connectivity index is 1.25. The molecule has 36 heavy (non-hydrogen) atoms. The fourth-order valence-electron chi connectivity index (χ4n) is 9.46. The second-order valence-corrected chi connectivity index (χ2v) is 13.8. The molecule has 0 aliphatic heterocycles. The van der Waals surface area contributed by atoms with Crippen molar-refractivity contribution >= 4 is 5.97 Å². The van der Waals surface area contributed by atoms with Crippen molar-refractivity contribution in [2.75, 3.05) is 0 Å². The molecule has 3 heteroatoms. The number of hydrogen-bond donors (Lipinski definition) is 0. The Hall–Kier alpha value is -1.64. The fourth-order valence-corrected chi connectivity index (χ4v) is 9.46. The van der Waals surface area contributed by atoms with Crippen LogP contribution in [0.2, 0.25) is 0 Å². The van der Waals surface area contributed by atoms with E-state index in [4.69, 9.17) is 4.74 Å². The van der Waals surface area contributed by atoms with Crippen molar-refractivity contribution in [3.8, 4) is 0 Å². The van der Waals surface area contributed by atoms with E-state index < -0.39 is 0 Å². The van der Waals surface area contributed by atoms with E-state index in [1.807, 2.05) is 0 Å². The number of ether oxygens (including phenoxy) is 1. The lowest BCUT2D eigenvalue weighted by molar-refractivity contribution is -0.0594. The molecular weight excluding hydrogens is 442 g/mol. The zero-order chi connectivity index (χ0) is 25.5. The second kappa shape index (κ2) is 10.3. The molecule has 5 rings (SSSR count). The van der Waals surface area contributed by atoms with Gasteiger partial charge in [0, 0.05) is 18.8 Å². The number of fused-ring (bicyclic) bond motifs is 5. The van der Waals surface area contributed by atoms with E-state index in [2.05, 4.69) is 45.7 Å². The van der Waals surface area contributed by atoms with E-state index >= 15 is 0 Å². The third-order valence-corrected chi connectivity index (χ3v) is 11.4. The summed E-state index contributed by atoms with van der Waals surface area (Å²) in [5.74, 6) is 4.93. The molecule has 8 atom stereocenters. The van der Waals surface area contributed by atoms with Gasteiger partial charge in [-0.3, -0.25) is 4.98 Å². The number of rotatable bonds is 7. The van der Waals surface area contributed by atoms with Crippen molar-refractivity contribution in [1.82, 2.24) is 4.98 Å². The van der Waals surface area contributed by atoms with E-state index in [0.29, 0.717) is 16.4 Å². The predicted octanol–water partition coefficient (Wildman–Crippen LogP) is 8.65. The molecule has 1 aromatic rings. The first kappa shape index (κ1) is 26.0. The SMILES string of the molecule is CC(C)CCC[C@H](C)[C@@H]1CC[C@@H]2[C@@H]3CC=C4C[C@@H](OC(=O)c5cccnc5)CC[C@]4(C)[C@H]3CC[C@@]21C. The summed E-state index contributed by atoms with van der Waals surface area (Å²) in [6, 6.07) is 3.60. The van der Waals surface area contributed by atoms with Gasteiger partial charge in [0.1, 0.15) is 6.10 Å². The summed E-state index contributed by atoms with van der Waals surface area (Å²) >= 11 is 0. The van der Waals surface area contributed by atoms with Crippen LogP contribution in [0.15, 0.2) is 36.2 Å². The molecule has 3 nitrogen and oxygen atoms in total. The average Bonchev–Trinajstić information content (AvgIpc) is 3.22. The highest BCUT2D eigenvalue weighted by molar-refractivity contribution is 5.89. The Morgan fingerprint density at radius 1 is 1.08 bits per heavy atom. The number of pyridine rings is 1. The Kier molecular flexibility index (Phi) is 7.40. The van der Waals surface area contributed by atoms with Gasteiger partial charge in [0.15, 0.2) is 0 Å². The standard InChI is InChI=1S/C33H49NO2/c1-22(2)8-6-9-23(3)28-13-14-29-27-12-11-25-20-26(36-31(35)24-10-7-19-34-21-24)15-17-32(25,4)30(27)16-18-33(28,29)5/h7,10-11,19,21-23,26-30H,6,8-9,12-18,20H2,1-5H3/t23-,26-,27-,28-,29+,30-,32-,33+/m0/s1. The average molecular weight is 492 g/mol. The molecule has 4 aliphatic carbocycles. The number of allylic oxidation sites excluding steroid dienone is 1. The van der Waals surface area contributed by atoms with Crippen molar-refractivity contribution in [2.24, 2.45) is 46.3 Å². The summed E-state index contributed by atoms with van der Waals surface area (Å²) < 4.78 is 5.96. The van der Waals surface area contributed by atoms with Gasteiger partial charge in [0.2, 0.25) is 0 Å². The number of carbonyl (C=O) groups excluding carboxylic acids is 1. The maximum Gasteiger partial charge on any atom is 0.339 e. The molecule has 0 unspecified atom stereocenters. The van der Waals surface area contributed by atoms with E-state index in [9.17, 15) is 4.79 Å². The number of nitrogens with zero attached hydrogens (tertiary/aromatic N) is 1. The fraction of sp³-hybridized carbons (Fsp3) is 0.758. The minimum atomic E-state index is -0.223. The maximum absolute atomic E-state index is 12.6. The Morgan fingerprint density at radius 2 is 1.92 bits per heavy atom. The van der Waals surface area contributed by atoms with Crippen molar-refractivity contribution < 1.29 is 9.53 Å². The Morgan fingerprint density at radius 3 is 2.67 bits per heavy atom. The van der Waals surface area contributed by atoms with Gasteiger partial charge in [-0.2, -0.15) is 0 Å². The molecule has 0 N–H and O–H groups in total. The molecule has 0 bridgehead atoms. The third kappa shape index (κ3) is 4.69. The molecule has 4 aliphatic rings. The lowest BCUT2D eigenvalue weighted by atomic mass is 9.47. The van der Waals surface area contributed by atoms with Gasteiger partial charge in [-0.05, 0) is 103 Å². The molecule has 0 radical (unpaired) electrons. The second-order valence-electron chi connectivity index (χ2n) is 13.8. The summed E-state index contributed by atoms with van der Waals surface area (Å²) in [6.45, 7) is 12.5. The Bertz CT molecular complexity index is 954. The summed E-state index contributed by atoms with van der Waals surface area (Å²) in [6.07, 6.45) is 20.1. The van der Waals surface area contributed by atoms with E-state index in [1.165, 1.54) is 51.4 Å². The quantitative estimate of drug-likeness (QED) is 0.283. The molecule has 0 spiro atoms. The summed E-state index contributed by atoms with van der Waals surface area (Å²) in [5.41, 5.74) is 2.97. The first-order valence-corrected chi connectivity index (χ1v) is 15.0. The minimum absolute atomic E-state index is 0.00462. The molecule has 198 valence electrons. The summed E-state index contributed by atoms with van der Waals surface area (Å²) in [4.78, 5) is 16.7. The van der Waals surface area contributed by atoms with Crippen LogP contribution < -0.4 is 0 Å². The predicted molar refractivity (Wildman–Crippen MR) is 146 cm³/mol. The van der Waals surface area contributed by atoms with Crippen LogP contribution >= 0.6 is 0 Å². The smallest absolute Gasteiger partial charge is 0.339 e. The van der Waals surface area contributed by atoms with Crippen molar-refractivity contribution in [1.29, 1.82) is 0 Å². The van der Waals surface area contributed by atoms with Crippen molar-refractivity contribution in [2.45, 2.75) is 111 Å². The van der Waals surface area contributed by atoms with Gasteiger partial charge in [-0.25, -0.2) is 4.79 Å². The molecule has 0 aromatic carbocycles. The lowest BCUT2D eigenvalue weighted by Gasteiger charge is -2.58. The van der Waals surface area contributed by atoms with E-state index in [0.717, 1.165) is 54.8 Å². The maximum atomic E-state index is 12.6. The highest BCUT2D eigenvalue weighted by Gasteiger charge is 2.59. The molecule has 1 aromatic heterocycles. The van der Waals surface area contributed by atoms with Crippen LogP contribution in [0.5, 0.6) is 0 Å². The summed E-state index contributed by atoms with van der Waals surface area (Å²) in [5, 5.41) is 0. The summed E-state index contributed by atoms with van der Waals surface area (Å²) in [7, 11) is 0. The molecule has 3 fully saturated rings. The zero-order valence-electron chi connectivity index (χ0n) is 23.5. The van der Waals surface area contributed by atoms with Gasteiger partial charge in [0.25, 0.3) is 0 Å². The first-order chi connectivity index (χ1) is 17.2. The van der Waals surface area contributed by atoms with Gasteiger partial charge in [-0.1, -0.05) is 65.5 Å². The Labute approximate surface area is 219 Å². The zero-order valence-corrected chi connectivity index (χ0v) is 23.5. The largest absolute Gasteiger partial charge is 0.458 e.